The highest BCUT2D eigenvalue weighted by Gasteiger charge is 2.18. The van der Waals surface area contributed by atoms with Crippen LogP contribution in [-0.2, 0) is 0 Å². The molecule has 1 saturated carbocycles. The Bertz CT molecular complexity index is 1700. The molecule has 5 aromatic heterocycles. The van der Waals surface area contributed by atoms with Gasteiger partial charge in [0.05, 0.1) is 17.8 Å². The van der Waals surface area contributed by atoms with Crippen molar-refractivity contribution in [3.05, 3.63) is 73.4 Å². The lowest BCUT2D eigenvalue weighted by molar-refractivity contribution is 0.154. The zero-order chi connectivity index (χ0) is 24.6. The molecule has 0 spiro atoms. The van der Waals surface area contributed by atoms with Crippen molar-refractivity contribution in [1.29, 1.82) is 0 Å². The topological polar surface area (TPSA) is 105 Å². The van der Waals surface area contributed by atoms with Gasteiger partial charge in [-0.05, 0) is 61.6 Å². The van der Waals surface area contributed by atoms with Gasteiger partial charge in [0.15, 0.2) is 11.5 Å². The van der Waals surface area contributed by atoms with Crippen LogP contribution in [0.4, 0.5) is 0 Å². The molecule has 0 amide bonds. The summed E-state index contributed by atoms with van der Waals surface area (Å²) >= 11 is 0. The van der Waals surface area contributed by atoms with E-state index in [2.05, 4.69) is 48.3 Å². The number of ether oxygens (including phenoxy) is 1. The number of hydrogen-bond donors (Lipinski definition) is 2. The summed E-state index contributed by atoms with van der Waals surface area (Å²) in [5.41, 5.74) is 7.19. The summed E-state index contributed by atoms with van der Waals surface area (Å²) < 4.78 is 6.26. The maximum Gasteiger partial charge on any atom is 0.160 e. The van der Waals surface area contributed by atoms with Crippen LogP contribution in [0.3, 0.4) is 0 Å². The summed E-state index contributed by atoms with van der Waals surface area (Å²) in [6.45, 7) is 0. The SMILES string of the molecule is c1cncc(-c2ccnc3[nH]c(-c4n[nH]c5ccc(-c6cncc(OC7CCCCC7)c6)cc45)nc23)c1. The maximum absolute atomic E-state index is 6.26. The van der Waals surface area contributed by atoms with Crippen molar-refractivity contribution < 1.29 is 4.74 Å². The first-order chi connectivity index (χ1) is 18.3. The van der Waals surface area contributed by atoms with Crippen LogP contribution in [0, 0.1) is 0 Å². The molecule has 37 heavy (non-hydrogen) atoms. The Balaban J connectivity index is 1.26. The van der Waals surface area contributed by atoms with E-state index in [4.69, 9.17) is 9.72 Å². The summed E-state index contributed by atoms with van der Waals surface area (Å²) in [6.07, 6.45) is 15.3. The van der Waals surface area contributed by atoms with Crippen LogP contribution in [0.15, 0.2) is 73.4 Å². The van der Waals surface area contributed by atoms with Gasteiger partial charge in [-0.3, -0.25) is 15.1 Å². The van der Waals surface area contributed by atoms with Crippen LogP contribution in [-0.4, -0.2) is 41.2 Å². The number of imidazole rings is 1. The zero-order valence-corrected chi connectivity index (χ0v) is 20.2. The van der Waals surface area contributed by atoms with Gasteiger partial charge in [-0.15, -0.1) is 0 Å². The Labute approximate surface area is 213 Å². The molecule has 1 aromatic carbocycles. The Morgan fingerprint density at radius 3 is 2.65 bits per heavy atom. The monoisotopic (exact) mass is 487 g/mol. The van der Waals surface area contributed by atoms with Gasteiger partial charge in [-0.25, -0.2) is 9.97 Å². The van der Waals surface area contributed by atoms with Crippen molar-refractivity contribution in [1.82, 2.24) is 35.1 Å². The van der Waals surface area contributed by atoms with Crippen LogP contribution in [0.5, 0.6) is 5.75 Å². The molecule has 6 aromatic rings. The smallest absolute Gasteiger partial charge is 0.160 e. The fraction of sp³-hybridized carbons (Fsp3) is 0.207. The number of H-pyrrole nitrogens is 2. The van der Waals surface area contributed by atoms with E-state index in [1.165, 1.54) is 19.3 Å². The van der Waals surface area contributed by atoms with Gasteiger partial charge in [0.1, 0.15) is 17.0 Å². The quantitative estimate of drug-likeness (QED) is 0.294. The fourth-order valence-electron chi connectivity index (χ4n) is 5.17. The Hall–Kier alpha value is -4.59. The normalized spacial score (nSPS) is 14.4. The standard InChI is InChI=1S/C29H25N7O/c1-2-6-21(7-3-1)37-22-13-20(16-31-17-22)18-8-9-25-24(14-18)27(36-35-25)29-33-26-23(10-12-32-28(26)34-29)19-5-4-11-30-15-19/h4-5,8-17,21H,1-3,6-7H2,(H,35,36)(H,32,33,34). The van der Waals surface area contributed by atoms with E-state index < -0.39 is 0 Å². The molecular weight excluding hydrogens is 462 g/mol. The fourth-order valence-corrected chi connectivity index (χ4v) is 5.17. The highest BCUT2D eigenvalue weighted by Crippen LogP contribution is 2.33. The van der Waals surface area contributed by atoms with Crippen LogP contribution >= 0.6 is 0 Å². The molecule has 0 atom stereocenters. The van der Waals surface area contributed by atoms with E-state index in [9.17, 15) is 0 Å². The highest BCUT2D eigenvalue weighted by atomic mass is 16.5. The first kappa shape index (κ1) is 21.7. The molecule has 8 nitrogen and oxygen atoms in total. The van der Waals surface area contributed by atoms with Crippen molar-refractivity contribution in [2.75, 3.05) is 0 Å². The molecule has 1 aliphatic rings. The van der Waals surface area contributed by atoms with Gasteiger partial charge in [0.2, 0.25) is 0 Å². The van der Waals surface area contributed by atoms with E-state index in [-0.39, 0.29) is 6.10 Å². The number of hydrogen-bond acceptors (Lipinski definition) is 6. The minimum absolute atomic E-state index is 0.284. The molecule has 0 saturated heterocycles. The summed E-state index contributed by atoms with van der Waals surface area (Å²) in [7, 11) is 0. The molecule has 182 valence electrons. The number of rotatable bonds is 5. The Morgan fingerprint density at radius 2 is 1.76 bits per heavy atom. The van der Waals surface area contributed by atoms with Crippen LogP contribution in [0.2, 0.25) is 0 Å². The average molecular weight is 488 g/mol. The number of aromatic nitrogens is 7. The first-order valence-electron chi connectivity index (χ1n) is 12.7. The Morgan fingerprint density at radius 1 is 0.838 bits per heavy atom. The highest BCUT2D eigenvalue weighted by molar-refractivity contribution is 5.97. The molecule has 0 aliphatic heterocycles. The second-order valence-corrected chi connectivity index (χ2v) is 9.50. The minimum atomic E-state index is 0.284. The van der Waals surface area contributed by atoms with E-state index >= 15 is 0 Å². The lowest BCUT2D eigenvalue weighted by Gasteiger charge is -2.23. The van der Waals surface area contributed by atoms with Gasteiger partial charge in [0.25, 0.3) is 0 Å². The second kappa shape index (κ2) is 9.13. The van der Waals surface area contributed by atoms with Gasteiger partial charge in [-0.2, -0.15) is 5.10 Å². The molecule has 5 heterocycles. The van der Waals surface area contributed by atoms with Crippen molar-refractivity contribution in [2.24, 2.45) is 0 Å². The molecule has 7 rings (SSSR count). The van der Waals surface area contributed by atoms with E-state index in [1.807, 2.05) is 36.7 Å². The second-order valence-electron chi connectivity index (χ2n) is 9.50. The minimum Gasteiger partial charge on any atom is -0.489 e. The lowest BCUT2D eigenvalue weighted by Crippen LogP contribution is -2.19. The number of fused-ring (bicyclic) bond motifs is 2. The maximum atomic E-state index is 6.26. The molecule has 1 aliphatic carbocycles. The summed E-state index contributed by atoms with van der Waals surface area (Å²) in [5, 5.41) is 8.70. The number of pyridine rings is 3. The predicted octanol–water partition coefficient (Wildman–Crippen LogP) is 6.34. The molecule has 0 radical (unpaired) electrons. The molecule has 1 fully saturated rings. The third kappa shape index (κ3) is 4.10. The third-order valence-electron chi connectivity index (χ3n) is 7.05. The van der Waals surface area contributed by atoms with Gasteiger partial charge >= 0.3 is 0 Å². The van der Waals surface area contributed by atoms with Crippen molar-refractivity contribution in [3.63, 3.8) is 0 Å². The number of benzene rings is 1. The lowest BCUT2D eigenvalue weighted by atomic mass is 9.98. The van der Waals surface area contributed by atoms with E-state index in [1.54, 1.807) is 18.6 Å². The molecule has 8 heteroatoms. The van der Waals surface area contributed by atoms with Gasteiger partial charge in [0, 0.05) is 46.9 Å². The number of nitrogens with one attached hydrogen (secondary N) is 2. The van der Waals surface area contributed by atoms with E-state index in [0.29, 0.717) is 11.5 Å². The summed E-state index contributed by atoms with van der Waals surface area (Å²) in [6, 6.07) is 14.2. The van der Waals surface area contributed by atoms with Crippen LogP contribution in [0.25, 0.3) is 55.8 Å². The largest absolute Gasteiger partial charge is 0.489 e. The first-order valence-corrected chi connectivity index (χ1v) is 12.7. The van der Waals surface area contributed by atoms with Crippen molar-refractivity contribution in [2.45, 2.75) is 38.2 Å². The van der Waals surface area contributed by atoms with Gasteiger partial charge in [-0.1, -0.05) is 18.6 Å². The zero-order valence-electron chi connectivity index (χ0n) is 20.2. The van der Waals surface area contributed by atoms with Crippen molar-refractivity contribution >= 4 is 22.1 Å². The molecule has 0 unspecified atom stereocenters. The molecule has 2 N–H and O–H groups in total. The van der Waals surface area contributed by atoms with Gasteiger partial charge < -0.3 is 9.72 Å². The third-order valence-corrected chi connectivity index (χ3v) is 7.05. The van der Waals surface area contributed by atoms with Crippen LogP contribution in [0.1, 0.15) is 32.1 Å². The number of nitrogens with zero attached hydrogens (tertiary/aromatic N) is 5. The summed E-state index contributed by atoms with van der Waals surface area (Å²) in [4.78, 5) is 21.5. The number of aromatic amines is 2. The molecule has 0 bridgehead atoms. The summed E-state index contributed by atoms with van der Waals surface area (Å²) in [5.74, 6) is 1.48. The van der Waals surface area contributed by atoms with Crippen LogP contribution < -0.4 is 4.74 Å². The van der Waals surface area contributed by atoms with Crippen molar-refractivity contribution in [3.8, 4) is 39.5 Å². The van der Waals surface area contributed by atoms with E-state index in [0.717, 1.165) is 63.0 Å². The molecular formula is C29H25N7O. The Kier molecular flexibility index (Phi) is 5.35. The average Bonchev–Trinajstić information content (AvgIpc) is 3.58. The predicted molar refractivity (Wildman–Crippen MR) is 143 cm³/mol.